The summed E-state index contributed by atoms with van der Waals surface area (Å²) in [5, 5.41) is 12.2. The predicted molar refractivity (Wildman–Crippen MR) is 115 cm³/mol. The minimum atomic E-state index is 0.322. The number of benzene rings is 2. The summed E-state index contributed by atoms with van der Waals surface area (Å²) >= 11 is 27.1. The van der Waals surface area contributed by atoms with Crippen molar-refractivity contribution in [2.45, 2.75) is 6.54 Å². The summed E-state index contributed by atoms with van der Waals surface area (Å²) in [6.07, 6.45) is 1.57. The van der Waals surface area contributed by atoms with Crippen LogP contribution in [-0.4, -0.2) is 19.9 Å². The third-order valence-corrected chi connectivity index (χ3v) is 5.04. The molecular weight excluding hydrogens is 481 g/mol. The maximum atomic E-state index is 6.18. The van der Waals surface area contributed by atoms with E-state index in [2.05, 4.69) is 36.6 Å². The quantitative estimate of drug-likeness (QED) is 0.448. The van der Waals surface area contributed by atoms with Crippen molar-refractivity contribution >= 4 is 79.7 Å². The average molecular weight is 492 g/mol. The fraction of sp³-hybridized carbons (Fsp3) is 0.0625. The molecule has 0 radical (unpaired) electrons. The highest BCUT2D eigenvalue weighted by atomic mass is 79.9. The van der Waals surface area contributed by atoms with Crippen LogP contribution in [0.15, 0.2) is 47.2 Å². The van der Waals surface area contributed by atoms with Gasteiger partial charge in [0.25, 0.3) is 0 Å². The first-order valence-corrected chi connectivity index (χ1v) is 9.61. The van der Waals surface area contributed by atoms with E-state index in [1.54, 1.807) is 35.3 Å². The van der Waals surface area contributed by atoms with Crippen LogP contribution in [0.4, 0.5) is 11.6 Å². The van der Waals surface area contributed by atoms with Crippen molar-refractivity contribution in [3.63, 3.8) is 0 Å². The van der Waals surface area contributed by atoms with Gasteiger partial charge in [-0.15, -0.1) is 5.10 Å². The highest BCUT2D eigenvalue weighted by molar-refractivity contribution is 9.10. The lowest BCUT2D eigenvalue weighted by atomic mass is 10.2. The second-order valence-electron chi connectivity index (χ2n) is 5.17. The van der Waals surface area contributed by atoms with Gasteiger partial charge in [0.05, 0.1) is 17.3 Å². The molecule has 0 aliphatic carbocycles. The minimum absolute atomic E-state index is 0.322. The Bertz CT molecular complexity index is 943. The summed E-state index contributed by atoms with van der Waals surface area (Å²) in [5.41, 5.74) is 1.45. The molecule has 10 heteroatoms. The summed E-state index contributed by atoms with van der Waals surface area (Å²) in [4.78, 5) is 4.18. The van der Waals surface area contributed by atoms with E-state index < -0.39 is 0 Å². The van der Waals surface area contributed by atoms with E-state index in [-0.39, 0.29) is 0 Å². The number of thiocarbonyl (C=S) groups is 1. The summed E-state index contributed by atoms with van der Waals surface area (Å²) in [6, 6.07) is 10.8. The van der Waals surface area contributed by atoms with Gasteiger partial charge in [-0.2, -0.15) is 0 Å². The maximum Gasteiger partial charge on any atom is 0.248 e. The number of rotatable bonds is 4. The molecule has 0 amide bonds. The van der Waals surface area contributed by atoms with Crippen molar-refractivity contribution in [2.24, 2.45) is 0 Å². The second kappa shape index (κ2) is 8.54. The molecule has 0 aliphatic rings. The molecule has 0 atom stereocenters. The molecule has 0 saturated carbocycles. The van der Waals surface area contributed by atoms with Gasteiger partial charge >= 0.3 is 0 Å². The summed E-state index contributed by atoms with van der Waals surface area (Å²) in [5.74, 6) is 0.346. The van der Waals surface area contributed by atoms with Gasteiger partial charge in [0.2, 0.25) is 5.95 Å². The monoisotopic (exact) mass is 489 g/mol. The van der Waals surface area contributed by atoms with Gasteiger partial charge in [-0.1, -0.05) is 56.8 Å². The predicted octanol–water partition coefficient (Wildman–Crippen LogP) is 5.86. The zero-order valence-electron chi connectivity index (χ0n) is 13.0. The SMILES string of the molecule is S=C(Nc1ncn(Cc2c(Cl)cccc2Cl)n1)Nc1ccc(Br)cc1Cl. The zero-order valence-corrected chi connectivity index (χ0v) is 17.7. The van der Waals surface area contributed by atoms with Crippen LogP contribution < -0.4 is 10.6 Å². The van der Waals surface area contributed by atoms with E-state index in [4.69, 9.17) is 47.0 Å². The van der Waals surface area contributed by atoms with Crippen molar-refractivity contribution in [1.82, 2.24) is 14.8 Å². The van der Waals surface area contributed by atoms with Crippen molar-refractivity contribution < 1.29 is 0 Å². The number of nitrogens with zero attached hydrogens (tertiary/aromatic N) is 3. The zero-order chi connectivity index (χ0) is 18.7. The van der Waals surface area contributed by atoms with Crippen LogP contribution >= 0.6 is 63.0 Å². The van der Waals surface area contributed by atoms with Crippen LogP contribution in [-0.2, 0) is 6.54 Å². The Hall–Kier alpha value is -1.38. The fourth-order valence-electron chi connectivity index (χ4n) is 2.12. The number of hydrogen-bond acceptors (Lipinski definition) is 3. The molecule has 5 nitrogen and oxygen atoms in total. The van der Waals surface area contributed by atoms with E-state index in [0.29, 0.717) is 38.4 Å². The summed E-state index contributed by atoms with van der Waals surface area (Å²) in [7, 11) is 0. The Labute approximate surface area is 178 Å². The number of halogens is 4. The fourth-order valence-corrected chi connectivity index (χ4v) is 3.56. The van der Waals surface area contributed by atoms with E-state index in [0.717, 1.165) is 10.0 Å². The van der Waals surface area contributed by atoms with Crippen LogP contribution in [0.5, 0.6) is 0 Å². The largest absolute Gasteiger partial charge is 0.331 e. The first kappa shape index (κ1) is 19.4. The van der Waals surface area contributed by atoms with Crippen LogP contribution in [0, 0.1) is 0 Å². The first-order chi connectivity index (χ1) is 12.4. The molecule has 2 aromatic carbocycles. The Kier molecular flexibility index (Phi) is 6.37. The molecule has 0 aliphatic heterocycles. The van der Waals surface area contributed by atoms with Gasteiger partial charge in [0.15, 0.2) is 5.11 Å². The molecule has 0 bridgehead atoms. The van der Waals surface area contributed by atoms with Gasteiger partial charge in [0.1, 0.15) is 6.33 Å². The minimum Gasteiger partial charge on any atom is -0.331 e. The van der Waals surface area contributed by atoms with Gasteiger partial charge in [-0.05, 0) is 42.5 Å². The van der Waals surface area contributed by atoms with Crippen molar-refractivity contribution in [3.8, 4) is 0 Å². The topological polar surface area (TPSA) is 54.8 Å². The van der Waals surface area contributed by atoms with Gasteiger partial charge in [-0.25, -0.2) is 9.67 Å². The molecule has 3 aromatic rings. The molecule has 0 saturated heterocycles. The third kappa shape index (κ3) is 4.86. The molecule has 26 heavy (non-hydrogen) atoms. The van der Waals surface area contributed by atoms with Crippen molar-refractivity contribution in [1.29, 1.82) is 0 Å². The lowest BCUT2D eigenvalue weighted by Gasteiger charge is -2.10. The maximum absolute atomic E-state index is 6.18. The van der Waals surface area contributed by atoms with Crippen LogP contribution in [0.1, 0.15) is 5.56 Å². The lowest BCUT2D eigenvalue weighted by Crippen LogP contribution is -2.20. The van der Waals surface area contributed by atoms with E-state index in [1.165, 1.54) is 0 Å². The van der Waals surface area contributed by atoms with E-state index in [9.17, 15) is 0 Å². The van der Waals surface area contributed by atoms with Gasteiger partial charge in [0, 0.05) is 20.1 Å². The van der Waals surface area contributed by atoms with Crippen LogP contribution in [0.2, 0.25) is 15.1 Å². The number of anilines is 2. The van der Waals surface area contributed by atoms with E-state index >= 15 is 0 Å². The molecule has 1 heterocycles. The molecule has 2 N–H and O–H groups in total. The Morgan fingerprint density at radius 3 is 2.50 bits per heavy atom. The Morgan fingerprint density at radius 1 is 1.08 bits per heavy atom. The molecule has 134 valence electrons. The first-order valence-electron chi connectivity index (χ1n) is 7.28. The van der Waals surface area contributed by atoms with Gasteiger partial charge < -0.3 is 5.32 Å². The molecular formula is C16H11BrCl3N5S. The highest BCUT2D eigenvalue weighted by Crippen LogP contribution is 2.26. The van der Waals surface area contributed by atoms with E-state index in [1.807, 2.05) is 12.1 Å². The summed E-state index contributed by atoms with van der Waals surface area (Å²) in [6.45, 7) is 0.395. The molecule has 3 rings (SSSR count). The molecule has 1 aromatic heterocycles. The smallest absolute Gasteiger partial charge is 0.248 e. The number of hydrogen-bond donors (Lipinski definition) is 2. The van der Waals surface area contributed by atoms with Crippen LogP contribution in [0.25, 0.3) is 0 Å². The van der Waals surface area contributed by atoms with Crippen LogP contribution in [0.3, 0.4) is 0 Å². The summed E-state index contributed by atoms with van der Waals surface area (Å²) < 4.78 is 2.50. The standard InChI is InChI=1S/C16H11BrCl3N5S/c17-9-4-5-14(13(20)6-9)22-16(26)23-15-21-8-25(24-15)7-10-11(18)2-1-3-12(10)19/h1-6,8H,7H2,(H2,22,23,24,26). The highest BCUT2D eigenvalue weighted by Gasteiger charge is 2.10. The van der Waals surface area contributed by atoms with Crippen molar-refractivity contribution in [3.05, 3.63) is 67.8 Å². The Morgan fingerprint density at radius 2 is 1.81 bits per heavy atom. The third-order valence-electron chi connectivity index (χ3n) is 3.32. The number of aromatic nitrogens is 3. The second-order valence-corrected chi connectivity index (χ2v) is 7.71. The molecule has 0 fully saturated rings. The molecule has 0 unspecified atom stereocenters. The lowest BCUT2D eigenvalue weighted by molar-refractivity contribution is 0.687. The number of nitrogens with one attached hydrogen (secondary N) is 2. The Balaban J connectivity index is 1.65. The molecule has 0 spiro atoms. The van der Waals surface area contributed by atoms with Gasteiger partial charge in [-0.3, -0.25) is 5.32 Å². The normalized spacial score (nSPS) is 10.6. The van der Waals surface area contributed by atoms with Crippen molar-refractivity contribution in [2.75, 3.05) is 10.6 Å². The average Bonchev–Trinajstić information content (AvgIpc) is 3.01.